The topological polar surface area (TPSA) is 120 Å². The molecule has 10 heteroatoms. The highest BCUT2D eigenvalue weighted by atomic mass is 35.5. The van der Waals surface area contributed by atoms with Crippen molar-refractivity contribution in [2.24, 2.45) is 17.8 Å². The van der Waals surface area contributed by atoms with Gasteiger partial charge in [-0.25, -0.2) is 4.79 Å². The standard InChI is InChI=1S/C35H43ClN2O7/c1-6-22(2)32-35(42)44-29(23(3)15-16-25-11-8-7-9-12-25)13-10-14-31(39)38-28(33(40)37-21-24(4)34(41)45-32)20-26-17-18-30(43-5)27(36)19-26/h7-12,14-19,22-24,28-29,32H,6,13,20-21H2,1-5H3,(H,37,40)(H,38,39)/b14-10+,16-15+/t22-,23?,24+,28+,29-,32-/m0/s1. The first-order chi connectivity index (χ1) is 21.5. The summed E-state index contributed by atoms with van der Waals surface area (Å²) in [6.07, 6.45) is 5.96. The number of cyclic esters (lactones) is 2. The van der Waals surface area contributed by atoms with E-state index in [2.05, 4.69) is 10.6 Å². The molecule has 9 nitrogen and oxygen atoms in total. The van der Waals surface area contributed by atoms with Crippen LogP contribution in [-0.2, 0) is 35.1 Å². The van der Waals surface area contributed by atoms with Gasteiger partial charge in [-0.2, -0.15) is 0 Å². The summed E-state index contributed by atoms with van der Waals surface area (Å²) in [5.41, 5.74) is 1.69. The molecular weight excluding hydrogens is 596 g/mol. The van der Waals surface area contributed by atoms with Crippen LogP contribution in [0.2, 0.25) is 5.02 Å². The van der Waals surface area contributed by atoms with E-state index in [-0.39, 0.29) is 31.2 Å². The van der Waals surface area contributed by atoms with Gasteiger partial charge in [-0.05, 0) is 35.8 Å². The van der Waals surface area contributed by atoms with Crippen LogP contribution < -0.4 is 15.4 Å². The van der Waals surface area contributed by atoms with Gasteiger partial charge in [0.15, 0.2) is 0 Å². The number of carbonyl (C=O) groups excluding carboxylic acids is 4. The first-order valence-electron chi connectivity index (χ1n) is 15.2. The zero-order valence-electron chi connectivity index (χ0n) is 26.5. The van der Waals surface area contributed by atoms with Gasteiger partial charge < -0.3 is 24.8 Å². The Morgan fingerprint density at radius 2 is 1.78 bits per heavy atom. The number of carbonyl (C=O) groups is 4. The van der Waals surface area contributed by atoms with E-state index >= 15 is 0 Å². The van der Waals surface area contributed by atoms with Gasteiger partial charge in [-0.3, -0.25) is 14.4 Å². The molecule has 0 saturated heterocycles. The zero-order chi connectivity index (χ0) is 32.9. The summed E-state index contributed by atoms with van der Waals surface area (Å²) >= 11 is 6.29. The number of amides is 2. The predicted octanol–water partition coefficient (Wildman–Crippen LogP) is 5.31. The van der Waals surface area contributed by atoms with E-state index in [1.807, 2.05) is 63.3 Å². The molecule has 1 aliphatic rings. The molecule has 1 heterocycles. The first kappa shape index (κ1) is 35.4. The molecule has 1 unspecified atom stereocenters. The fourth-order valence-corrected chi connectivity index (χ4v) is 4.94. The van der Waals surface area contributed by atoms with Gasteiger partial charge in [0.1, 0.15) is 17.9 Å². The Morgan fingerprint density at radius 3 is 2.44 bits per heavy atom. The zero-order valence-corrected chi connectivity index (χ0v) is 27.2. The van der Waals surface area contributed by atoms with Crippen molar-refractivity contribution in [1.82, 2.24) is 10.6 Å². The second-order valence-electron chi connectivity index (χ2n) is 11.4. The van der Waals surface area contributed by atoms with Crippen LogP contribution in [0.1, 0.15) is 51.7 Å². The minimum Gasteiger partial charge on any atom is -0.495 e. The fraction of sp³-hybridized carbons (Fsp3) is 0.429. The molecular formula is C35H43ClN2O7. The van der Waals surface area contributed by atoms with E-state index < -0.39 is 47.9 Å². The third-order valence-corrected chi connectivity index (χ3v) is 8.09. The van der Waals surface area contributed by atoms with E-state index in [0.29, 0.717) is 22.8 Å². The highest BCUT2D eigenvalue weighted by molar-refractivity contribution is 6.32. The first-order valence-corrected chi connectivity index (χ1v) is 15.6. The molecule has 2 N–H and O–H groups in total. The van der Waals surface area contributed by atoms with E-state index in [9.17, 15) is 19.2 Å². The van der Waals surface area contributed by atoms with Crippen LogP contribution in [0.25, 0.3) is 6.08 Å². The normalized spacial score (nSPS) is 24.1. The lowest BCUT2D eigenvalue weighted by molar-refractivity contribution is -0.178. The second kappa shape index (κ2) is 17.4. The minimum atomic E-state index is -1.12. The highest BCUT2D eigenvalue weighted by Crippen LogP contribution is 2.26. The van der Waals surface area contributed by atoms with Gasteiger partial charge in [-0.15, -0.1) is 0 Å². The lowest BCUT2D eigenvalue weighted by Gasteiger charge is -2.28. The average Bonchev–Trinajstić information content (AvgIpc) is 3.03. The van der Waals surface area contributed by atoms with Gasteiger partial charge in [0.25, 0.3) is 0 Å². The Labute approximate surface area is 270 Å². The summed E-state index contributed by atoms with van der Waals surface area (Å²) in [7, 11) is 1.51. The summed E-state index contributed by atoms with van der Waals surface area (Å²) in [5, 5.41) is 5.85. The van der Waals surface area contributed by atoms with Crippen LogP contribution in [0.15, 0.2) is 66.8 Å². The number of ether oxygens (including phenoxy) is 3. The number of halogens is 1. The fourth-order valence-electron chi connectivity index (χ4n) is 4.66. The van der Waals surface area contributed by atoms with Crippen molar-refractivity contribution < 1.29 is 33.4 Å². The van der Waals surface area contributed by atoms with Crippen LogP contribution in [-0.4, -0.2) is 55.7 Å². The van der Waals surface area contributed by atoms with Gasteiger partial charge in [0, 0.05) is 31.2 Å². The van der Waals surface area contributed by atoms with E-state index in [0.717, 1.165) is 5.56 Å². The lowest BCUT2D eigenvalue weighted by Crippen LogP contribution is -2.49. The molecule has 2 aromatic carbocycles. The molecule has 0 spiro atoms. The van der Waals surface area contributed by atoms with Crippen molar-refractivity contribution in [3.63, 3.8) is 0 Å². The summed E-state index contributed by atoms with van der Waals surface area (Å²) < 4.78 is 16.9. The van der Waals surface area contributed by atoms with Crippen molar-refractivity contribution in [1.29, 1.82) is 0 Å². The third kappa shape index (κ3) is 10.8. The van der Waals surface area contributed by atoms with Crippen molar-refractivity contribution in [2.75, 3.05) is 13.7 Å². The lowest BCUT2D eigenvalue weighted by atomic mass is 9.98. The van der Waals surface area contributed by atoms with Gasteiger partial charge in [-0.1, -0.05) is 93.9 Å². The maximum Gasteiger partial charge on any atom is 0.348 e. The van der Waals surface area contributed by atoms with Gasteiger partial charge in [0.2, 0.25) is 17.9 Å². The summed E-state index contributed by atoms with van der Waals surface area (Å²) in [6.45, 7) is 7.17. The Bertz CT molecular complexity index is 1380. The number of esters is 2. The maximum atomic E-state index is 13.4. The summed E-state index contributed by atoms with van der Waals surface area (Å²) in [5.74, 6) is -3.10. The summed E-state index contributed by atoms with van der Waals surface area (Å²) in [6, 6.07) is 13.9. The molecule has 1 aliphatic heterocycles. The van der Waals surface area contributed by atoms with Crippen molar-refractivity contribution in [2.45, 2.75) is 65.2 Å². The number of hydrogen-bond acceptors (Lipinski definition) is 7. The largest absolute Gasteiger partial charge is 0.495 e. The number of rotatable bonds is 8. The second-order valence-corrected chi connectivity index (χ2v) is 11.8. The molecule has 6 atom stereocenters. The number of nitrogens with one attached hydrogen (secondary N) is 2. The quantitative estimate of drug-likeness (QED) is 0.376. The highest BCUT2D eigenvalue weighted by Gasteiger charge is 2.34. The number of methoxy groups -OCH3 is 1. The van der Waals surface area contributed by atoms with Crippen LogP contribution >= 0.6 is 11.6 Å². The Kier molecular flexibility index (Phi) is 13.7. The predicted molar refractivity (Wildman–Crippen MR) is 173 cm³/mol. The summed E-state index contributed by atoms with van der Waals surface area (Å²) in [4.78, 5) is 52.8. The molecule has 242 valence electrons. The average molecular weight is 639 g/mol. The molecule has 0 radical (unpaired) electrons. The van der Waals surface area contributed by atoms with E-state index in [1.54, 1.807) is 31.2 Å². The number of benzene rings is 2. The maximum absolute atomic E-state index is 13.4. The molecule has 0 fully saturated rings. The number of hydrogen-bond donors (Lipinski definition) is 2. The van der Waals surface area contributed by atoms with Crippen molar-refractivity contribution >= 4 is 41.4 Å². The molecule has 0 saturated carbocycles. The monoisotopic (exact) mass is 638 g/mol. The molecule has 3 rings (SSSR count). The van der Waals surface area contributed by atoms with E-state index in [4.69, 9.17) is 25.8 Å². The SMILES string of the molecule is CC[C@H](C)[C@@H]1OC(=O)[C@H](C)CNC(=O)[C@@H](Cc2ccc(OC)c(Cl)c2)NC(=O)/C=C/C[C@@H](C(C)/C=C/c2ccccc2)OC1=O. The van der Waals surface area contributed by atoms with Crippen molar-refractivity contribution in [3.05, 3.63) is 82.9 Å². The van der Waals surface area contributed by atoms with E-state index in [1.165, 1.54) is 13.2 Å². The van der Waals surface area contributed by atoms with Crippen LogP contribution in [0.5, 0.6) is 5.75 Å². The van der Waals surface area contributed by atoms with Gasteiger partial charge >= 0.3 is 11.9 Å². The Morgan fingerprint density at radius 1 is 1.04 bits per heavy atom. The van der Waals surface area contributed by atoms with Crippen molar-refractivity contribution in [3.8, 4) is 5.75 Å². The minimum absolute atomic E-state index is 0.0601. The molecule has 2 aromatic rings. The van der Waals surface area contributed by atoms with Crippen LogP contribution in [0.3, 0.4) is 0 Å². The van der Waals surface area contributed by atoms with Gasteiger partial charge in [0.05, 0.1) is 18.1 Å². The third-order valence-electron chi connectivity index (χ3n) is 7.79. The molecule has 0 aliphatic carbocycles. The molecule has 45 heavy (non-hydrogen) atoms. The molecule has 2 amide bonds. The van der Waals surface area contributed by atoms with Crippen LogP contribution in [0, 0.1) is 17.8 Å². The van der Waals surface area contributed by atoms with Crippen LogP contribution in [0.4, 0.5) is 0 Å². The Hall–Kier alpha value is -4.11. The smallest absolute Gasteiger partial charge is 0.348 e. The Balaban J connectivity index is 1.90. The molecule has 0 bridgehead atoms. The molecule has 0 aromatic heterocycles.